The van der Waals surface area contributed by atoms with Crippen LogP contribution < -0.4 is 11.1 Å². The van der Waals surface area contributed by atoms with Crippen molar-refractivity contribution in [3.63, 3.8) is 0 Å². The highest BCUT2D eigenvalue weighted by Crippen LogP contribution is 2.46. The molecular formula is C19H23N3OS2. The monoisotopic (exact) mass is 373 g/mol. The van der Waals surface area contributed by atoms with Crippen molar-refractivity contribution in [2.75, 3.05) is 5.32 Å². The number of carbonyl (C=O) groups is 1. The van der Waals surface area contributed by atoms with Crippen LogP contribution in [0, 0.1) is 0 Å². The molecule has 0 radical (unpaired) electrons. The summed E-state index contributed by atoms with van der Waals surface area (Å²) in [7, 11) is 0. The summed E-state index contributed by atoms with van der Waals surface area (Å²) in [6.45, 7) is 5.55. The molecule has 1 atom stereocenters. The molecule has 25 heavy (non-hydrogen) atoms. The smallest absolute Gasteiger partial charge is 0.221 e. The Morgan fingerprint density at radius 1 is 1.28 bits per heavy atom. The standard InChI is InChI=1S/C17H17N3OS2.C2H6/c1-9(21)19-16-15(11-7-6-10(18)8-14(11)23-16)17-20-12-4-2-3-5-13(12)22-17;1-2/h2-5,10H,6-8,18H2,1H3,(H,19,21);1-2H3. The second-order valence-electron chi connectivity index (χ2n) is 5.88. The van der Waals surface area contributed by atoms with E-state index in [0.717, 1.165) is 40.4 Å². The highest BCUT2D eigenvalue weighted by atomic mass is 32.1. The van der Waals surface area contributed by atoms with Gasteiger partial charge in [0.25, 0.3) is 0 Å². The van der Waals surface area contributed by atoms with Crippen molar-refractivity contribution in [1.29, 1.82) is 0 Å². The van der Waals surface area contributed by atoms with E-state index in [2.05, 4.69) is 11.4 Å². The number of hydrogen-bond donors (Lipinski definition) is 2. The molecule has 3 N–H and O–H groups in total. The molecule has 1 amide bonds. The molecule has 3 aromatic rings. The SMILES string of the molecule is CC.CC(=O)Nc1sc2c(c1-c1nc3ccccc3s1)CCC(N)C2. The van der Waals surface area contributed by atoms with Crippen LogP contribution in [0.5, 0.6) is 0 Å². The van der Waals surface area contributed by atoms with Crippen molar-refractivity contribution in [2.24, 2.45) is 5.73 Å². The maximum absolute atomic E-state index is 11.6. The number of carbonyl (C=O) groups excluding carboxylic acids is 1. The number of amides is 1. The van der Waals surface area contributed by atoms with Crippen molar-refractivity contribution in [3.8, 4) is 10.6 Å². The molecule has 132 valence electrons. The Balaban J connectivity index is 0.000000880. The van der Waals surface area contributed by atoms with Crippen LogP contribution in [0.1, 0.15) is 37.6 Å². The van der Waals surface area contributed by atoms with Gasteiger partial charge in [-0.15, -0.1) is 22.7 Å². The van der Waals surface area contributed by atoms with E-state index in [1.165, 1.54) is 15.1 Å². The van der Waals surface area contributed by atoms with E-state index >= 15 is 0 Å². The van der Waals surface area contributed by atoms with E-state index in [4.69, 9.17) is 10.7 Å². The molecule has 2 aromatic heterocycles. The van der Waals surface area contributed by atoms with Gasteiger partial charge < -0.3 is 11.1 Å². The lowest BCUT2D eigenvalue weighted by atomic mass is 9.92. The summed E-state index contributed by atoms with van der Waals surface area (Å²) < 4.78 is 1.17. The summed E-state index contributed by atoms with van der Waals surface area (Å²) in [4.78, 5) is 17.7. The van der Waals surface area contributed by atoms with Gasteiger partial charge in [0.05, 0.1) is 10.2 Å². The van der Waals surface area contributed by atoms with E-state index in [1.807, 2.05) is 32.0 Å². The van der Waals surface area contributed by atoms with Gasteiger partial charge in [-0.2, -0.15) is 0 Å². The minimum absolute atomic E-state index is 0.0461. The lowest BCUT2D eigenvalue weighted by Crippen LogP contribution is -2.26. The molecule has 4 nitrogen and oxygen atoms in total. The zero-order valence-electron chi connectivity index (χ0n) is 14.8. The van der Waals surface area contributed by atoms with Gasteiger partial charge in [0.15, 0.2) is 0 Å². The number of fused-ring (bicyclic) bond motifs is 2. The van der Waals surface area contributed by atoms with Crippen molar-refractivity contribution < 1.29 is 4.79 Å². The quantitative estimate of drug-likeness (QED) is 0.676. The number of thiophene rings is 1. The van der Waals surface area contributed by atoms with E-state index in [9.17, 15) is 4.79 Å². The van der Waals surface area contributed by atoms with Crippen LogP contribution in [0.3, 0.4) is 0 Å². The van der Waals surface area contributed by atoms with Crippen LogP contribution in [-0.4, -0.2) is 16.9 Å². The zero-order chi connectivity index (χ0) is 18.0. The molecule has 1 aliphatic rings. The molecule has 0 saturated heterocycles. The number of nitrogens with zero attached hydrogens (tertiary/aromatic N) is 1. The predicted octanol–water partition coefficient (Wildman–Crippen LogP) is 4.83. The van der Waals surface area contributed by atoms with Gasteiger partial charge in [0.1, 0.15) is 10.0 Å². The lowest BCUT2D eigenvalue weighted by Gasteiger charge is -2.18. The highest BCUT2D eigenvalue weighted by molar-refractivity contribution is 7.22. The van der Waals surface area contributed by atoms with Crippen molar-refractivity contribution in [2.45, 2.75) is 46.1 Å². The Bertz CT molecular complexity index is 864. The van der Waals surface area contributed by atoms with Crippen molar-refractivity contribution in [1.82, 2.24) is 4.98 Å². The van der Waals surface area contributed by atoms with Gasteiger partial charge >= 0.3 is 0 Å². The average Bonchev–Trinajstić information content (AvgIpc) is 3.15. The zero-order valence-corrected chi connectivity index (χ0v) is 16.4. The number of benzene rings is 1. The van der Waals surface area contributed by atoms with Gasteiger partial charge in [-0.1, -0.05) is 26.0 Å². The van der Waals surface area contributed by atoms with Crippen LogP contribution in [-0.2, 0) is 17.6 Å². The number of thiazole rings is 1. The molecule has 1 aromatic carbocycles. The molecule has 1 aliphatic carbocycles. The molecule has 0 saturated carbocycles. The molecule has 2 heterocycles. The molecule has 0 fully saturated rings. The third-order valence-electron chi connectivity index (χ3n) is 4.10. The molecule has 0 aliphatic heterocycles. The second-order valence-corrected chi connectivity index (χ2v) is 8.01. The first kappa shape index (κ1) is 18.0. The number of para-hydroxylation sites is 1. The van der Waals surface area contributed by atoms with Gasteiger partial charge in [-0.3, -0.25) is 4.79 Å². The normalized spacial score (nSPS) is 16.1. The molecular weight excluding hydrogens is 350 g/mol. The fourth-order valence-electron chi connectivity index (χ4n) is 3.06. The maximum Gasteiger partial charge on any atom is 0.221 e. The number of nitrogens with two attached hydrogens (primary N) is 1. The minimum atomic E-state index is -0.0461. The maximum atomic E-state index is 11.6. The summed E-state index contributed by atoms with van der Waals surface area (Å²) in [6.07, 6.45) is 2.83. The number of aromatic nitrogens is 1. The van der Waals surface area contributed by atoms with Crippen LogP contribution in [0.4, 0.5) is 5.00 Å². The summed E-state index contributed by atoms with van der Waals surface area (Å²) in [5.74, 6) is -0.0461. The Morgan fingerprint density at radius 3 is 2.76 bits per heavy atom. The van der Waals surface area contributed by atoms with Crippen LogP contribution in [0.15, 0.2) is 24.3 Å². The first-order valence-electron chi connectivity index (χ1n) is 8.65. The summed E-state index contributed by atoms with van der Waals surface area (Å²) in [5, 5.41) is 4.90. The second kappa shape index (κ2) is 7.64. The predicted molar refractivity (Wildman–Crippen MR) is 109 cm³/mol. The number of nitrogens with one attached hydrogen (secondary N) is 1. The summed E-state index contributed by atoms with van der Waals surface area (Å²) in [6, 6.07) is 8.37. The van der Waals surface area contributed by atoms with E-state index in [-0.39, 0.29) is 11.9 Å². The molecule has 6 heteroatoms. The van der Waals surface area contributed by atoms with Crippen molar-refractivity contribution in [3.05, 3.63) is 34.7 Å². The van der Waals surface area contributed by atoms with Gasteiger partial charge in [0, 0.05) is 23.4 Å². The van der Waals surface area contributed by atoms with Crippen molar-refractivity contribution >= 4 is 43.8 Å². The summed E-state index contributed by atoms with van der Waals surface area (Å²) >= 11 is 3.34. The third kappa shape index (κ3) is 3.61. The van der Waals surface area contributed by atoms with Gasteiger partial charge in [-0.05, 0) is 37.0 Å². The van der Waals surface area contributed by atoms with Crippen LogP contribution in [0.25, 0.3) is 20.8 Å². The van der Waals surface area contributed by atoms with Crippen LogP contribution >= 0.6 is 22.7 Å². The fraction of sp³-hybridized carbons (Fsp3) is 0.368. The minimum Gasteiger partial charge on any atom is -0.327 e. The fourth-order valence-corrected chi connectivity index (χ4v) is 5.56. The highest BCUT2D eigenvalue weighted by Gasteiger charge is 2.27. The summed E-state index contributed by atoms with van der Waals surface area (Å²) in [5.41, 5.74) is 9.55. The molecule has 0 bridgehead atoms. The topological polar surface area (TPSA) is 68.0 Å². The molecule has 1 unspecified atom stereocenters. The Labute approximate surface area is 156 Å². The van der Waals surface area contributed by atoms with Gasteiger partial charge in [-0.25, -0.2) is 4.98 Å². The Kier molecular flexibility index (Phi) is 5.51. The van der Waals surface area contributed by atoms with E-state index in [0.29, 0.717) is 0 Å². The van der Waals surface area contributed by atoms with Crippen LogP contribution in [0.2, 0.25) is 0 Å². The van der Waals surface area contributed by atoms with Gasteiger partial charge in [0.2, 0.25) is 5.91 Å². The lowest BCUT2D eigenvalue weighted by molar-refractivity contribution is -0.114. The van der Waals surface area contributed by atoms with E-state index in [1.54, 1.807) is 29.6 Å². The molecule has 0 spiro atoms. The number of anilines is 1. The number of rotatable bonds is 2. The largest absolute Gasteiger partial charge is 0.327 e. The molecule has 4 rings (SSSR count). The van der Waals surface area contributed by atoms with E-state index < -0.39 is 0 Å². The Hall–Kier alpha value is -1.76. The third-order valence-corrected chi connectivity index (χ3v) is 6.32. The Morgan fingerprint density at radius 2 is 2.04 bits per heavy atom. The average molecular weight is 374 g/mol. The first-order chi connectivity index (χ1) is 12.1. The number of hydrogen-bond acceptors (Lipinski definition) is 5. The first-order valence-corrected chi connectivity index (χ1v) is 10.3.